The molecule has 38 heavy (non-hydrogen) atoms. The number of aromatic hydroxyl groups is 1. The van der Waals surface area contributed by atoms with E-state index in [-0.39, 0.29) is 30.1 Å². The molecule has 3 heterocycles. The van der Waals surface area contributed by atoms with E-state index >= 15 is 0 Å². The monoisotopic (exact) mass is 515 g/mol. The second-order valence-corrected chi connectivity index (χ2v) is 9.88. The molecular weight excluding hydrogens is 486 g/mol. The Balaban J connectivity index is 1.63. The minimum atomic E-state index is -0.428. The van der Waals surface area contributed by atoms with Crippen LogP contribution in [-0.4, -0.2) is 56.3 Å². The number of nitrogens with one attached hydrogen (secondary N) is 2. The number of aromatic nitrogens is 4. The molecule has 10 nitrogen and oxygen atoms in total. The number of nitrogens with zero attached hydrogens (tertiary/aromatic N) is 3. The van der Waals surface area contributed by atoms with Crippen molar-refractivity contribution in [1.29, 1.82) is 0 Å². The van der Waals surface area contributed by atoms with Gasteiger partial charge in [0.25, 0.3) is 5.91 Å². The number of amides is 1. The highest BCUT2D eigenvalue weighted by Gasteiger charge is 2.30. The number of ether oxygens (including phenoxy) is 1. The van der Waals surface area contributed by atoms with Crippen molar-refractivity contribution >= 4 is 16.8 Å². The van der Waals surface area contributed by atoms with Gasteiger partial charge in [-0.2, -0.15) is 5.10 Å². The average molecular weight is 516 g/mol. The highest BCUT2D eigenvalue weighted by molar-refractivity contribution is 6.02. The quantitative estimate of drug-likeness (QED) is 0.252. The van der Waals surface area contributed by atoms with Crippen LogP contribution in [0.1, 0.15) is 37.0 Å². The number of fused-ring (bicyclic) bond motifs is 1. The number of benzene rings is 2. The largest absolute Gasteiger partial charge is 0.496 e. The molecule has 1 amide bonds. The third-order valence-corrected chi connectivity index (χ3v) is 6.28. The smallest absolute Gasteiger partial charge is 0.273 e. The number of hydrogen-bond acceptors (Lipinski definition) is 7. The number of para-hydroxylation sites is 1. The van der Waals surface area contributed by atoms with Crippen LogP contribution >= 0.6 is 0 Å². The molecule has 196 valence electrons. The maximum atomic E-state index is 12.1. The van der Waals surface area contributed by atoms with E-state index in [0.29, 0.717) is 28.3 Å². The molecular formula is C28H29N5O5. The molecule has 0 aliphatic heterocycles. The van der Waals surface area contributed by atoms with Crippen molar-refractivity contribution in [1.82, 2.24) is 25.2 Å². The Hall–Kier alpha value is -4.57. The maximum absolute atomic E-state index is 12.1. The van der Waals surface area contributed by atoms with Crippen LogP contribution in [0, 0.1) is 0 Å². The van der Waals surface area contributed by atoms with Gasteiger partial charge in [-0.15, -0.1) is 0 Å². The molecule has 10 heteroatoms. The van der Waals surface area contributed by atoms with E-state index < -0.39 is 5.91 Å². The first-order valence-corrected chi connectivity index (χ1v) is 12.2. The topological polar surface area (TPSA) is 138 Å². The van der Waals surface area contributed by atoms with Gasteiger partial charge in [-0.25, -0.2) is 0 Å². The van der Waals surface area contributed by atoms with E-state index in [4.69, 9.17) is 14.4 Å². The van der Waals surface area contributed by atoms with E-state index in [1.54, 1.807) is 17.7 Å². The van der Waals surface area contributed by atoms with Gasteiger partial charge in [0.1, 0.15) is 11.3 Å². The third-order valence-electron chi connectivity index (χ3n) is 6.28. The zero-order valence-electron chi connectivity index (χ0n) is 21.6. The van der Waals surface area contributed by atoms with Crippen LogP contribution in [0.25, 0.3) is 39.2 Å². The summed E-state index contributed by atoms with van der Waals surface area (Å²) in [6, 6.07) is 16.6. The highest BCUT2D eigenvalue weighted by atomic mass is 16.5. The Morgan fingerprint density at radius 2 is 1.89 bits per heavy atom. The van der Waals surface area contributed by atoms with E-state index in [2.05, 4.69) is 41.4 Å². The lowest BCUT2D eigenvalue weighted by Gasteiger charge is -2.18. The number of aliphatic hydroxyl groups excluding tert-OH is 1. The molecule has 0 radical (unpaired) electrons. The number of aliphatic hydroxyl groups is 1. The lowest BCUT2D eigenvalue weighted by Crippen LogP contribution is -2.26. The summed E-state index contributed by atoms with van der Waals surface area (Å²) in [4.78, 5) is 12.1. The average Bonchev–Trinajstić information content (AvgIpc) is 3.63. The van der Waals surface area contributed by atoms with Crippen molar-refractivity contribution in [2.45, 2.75) is 26.2 Å². The fraction of sp³-hybridized carbons (Fsp3) is 0.250. The number of carbonyl (C=O) groups excluding carboxylic acids is 1. The Morgan fingerprint density at radius 3 is 2.58 bits per heavy atom. The molecule has 2 aromatic carbocycles. The molecule has 0 spiro atoms. The number of methoxy groups -OCH3 is 1. The fourth-order valence-electron chi connectivity index (χ4n) is 4.51. The summed E-state index contributed by atoms with van der Waals surface area (Å²) >= 11 is 0. The standard InChI is InChI=1S/C28H29N5O5/c1-28(2,3)25-22-23(30-31-25)27(36)33(24(22)18-7-5-6-8-20(18)37-4)17-11-9-16(10-12-17)21-15-19(32-38-21)26(35)29-13-14-34/h5-12,15,30,34,36H,13-14H2,1-4H3,(H,29,35). The normalized spacial score (nSPS) is 11.7. The third kappa shape index (κ3) is 4.28. The van der Waals surface area contributed by atoms with Gasteiger partial charge in [0.2, 0.25) is 5.88 Å². The Labute approximate surface area is 218 Å². The summed E-state index contributed by atoms with van der Waals surface area (Å²) in [5, 5.41) is 35.1. The van der Waals surface area contributed by atoms with Crippen LogP contribution in [0.4, 0.5) is 0 Å². The van der Waals surface area contributed by atoms with E-state index in [1.807, 2.05) is 48.5 Å². The van der Waals surface area contributed by atoms with Gasteiger partial charge in [-0.05, 0) is 36.4 Å². The number of aromatic amines is 1. The summed E-state index contributed by atoms with van der Waals surface area (Å²) in [7, 11) is 1.62. The molecule has 0 saturated carbocycles. The molecule has 0 bridgehead atoms. The van der Waals surface area contributed by atoms with Gasteiger partial charge in [0.15, 0.2) is 11.5 Å². The Morgan fingerprint density at radius 1 is 1.16 bits per heavy atom. The zero-order valence-corrected chi connectivity index (χ0v) is 21.6. The van der Waals surface area contributed by atoms with E-state index in [0.717, 1.165) is 22.3 Å². The summed E-state index contributed by atoms with van der Waals surface area (Å²) in [5.74, 6) is 0.681. The molecule has 3 aromatic heterocycles. The van der Waals surface area contributed by atoms with Crippen molar-refractivity contribution in [3.63, 3.8) is 0 Å². The number of hydrogen-bond donors (Lipinski definition) is 4. The number of carbonyl (C=O) groups is 1. The summed E-state index contributed by atoms with van der Waals surface area (Å²) in [5.41, 5.74) is 4.17. The predicted molar refractivity (Wildman–Crippen MR) is 143 cm³/mol. The molecule has 0 saturated heterocycles. The minimum absolute atomic E-state index is 0.0270. The summed E-state index contributed by atoms with van der Waals surface area (Å²) in [6.45, 7) is 6.20. The van der Waals surface area contributed by atoms with Gasteiger partial charge >= 0.3 is 0 Å². The zero-order chi connectivity index (χ0) is 27.0. The van der Waals surface area contributed by atoms with Crippen LogP contribution < -0.4 is 10.1 Å². The van der Waals surface area contributed by atoms with Crippen LogP contribution in [0.3, 0.4) is 0 Å². The minimum Gasteiger partial charge on any atom is -0.496 e. The summed E-state index contributed by atoms with van der Waals surface area (Å²) in [6.07, 6.45) is 0. The van der Waals surface area contributed by atoms with E-state index in [9.17, 15) is 9.90 Å². The van der Waals surface area contributed by atoms with Gasteiger partial charge in [-0.3, -0.25) is 14.5 Å². The number of H-pyrrole nitrogens is 1. The predicted octanol–water partition coefficient (Wildman–Crippen LogP) is 4.41. The van der Waals surface area contributed by atoms with Crippen LogP contribution in [0.5, 0.6) is 11.6 Å². The second-order valence-electron chi connectivity index (χ2n) is 9.88. The highest BCUT2D eigenvalue weighted by Crippen LogP contribution is 2.46. The van der Waals surface area contributed by atoms with Crippen molar-refractivity contribution in [3.8, 4) is 39.9 Å². The van der Waals surface area contributed by atoms with Gasteiger partial charge in [0, 0.05) is 34.8 Å². The molecule has 0 aliphatic carbocycles. The van der Waals surface area contributed by atoms with Gasteiger partial charge in [0.05, 0.1) is 30.5 Å². The number of rotatable bonds is 7. The van der Waals surface area contributed by atoms with Crippen molar-refractivity contribution in [2.24, 2.45) is 0 Å². The Kier molecular flexibility index (Phi) is 6.41. The molecule has 0 aliphatic rings. The van der Waals surface area contributed by atoms with Gasteiger partial charge < -0.3 is 24.8 Å². The molecule has 0 fully saturated rings. The lowest BCUT2D eigenvalue weighted by atomic mass is 9.89. The first-order chi connectivity index (χ1) is 18.2. The molecule has 0 unspecified atom stereocenters. The van der Waals surface area contributed by atoms with Crippen molar-refractivity contribution in [2.75, 3.05) is 20.3 Å². The molecule has 4 N–H and O–H groups in total. The fourth-order valence-corrected chi connectivity index (χ4v) is 4.51. The Bertz CT molecular complexity index is 1610. The first-order valence-electron chi connectivity index (χ1n) is 12.2. The molecule has 5 aromatic rings. The molecule has 0 atom stereocenters. The van der Waals surface area contributed by atoms with Crippen LogP contribution in [0.15, 0.2) is 59.1 Å². The second kappa shape index (κ2) is 9.71. The van der Waals surface area contributed by atoms with Crippen LogP contribution in [0.2, 0.25) is 0 Å². The van der Waals surface area contributed by atoms with Gasteiger partial charge in [-0.1, -0.05) is 38.1 Å². The lowest BCUT2D eigenvalue weighted by molar-refractivity contribution is 0.0936. The van der Waals surface area contributed by atoms with E-state index in [1.165, 1.54) is 0 Å². The SMILES string of the molecule is COc1ccccc1-c1c2c(C(C)(C)C)n[nH]c2c(O)n1-c1ccc(-c2cc(C(=O)NCCO)no2)cc1. The van der Waals surface area contributed by atoms with Crippen molar-refractivity contribution < 1.29 is 24.3 Å². The molecule has 5 rings (SSSR count). The van der Waals surface area contributed by atoms with Crippen LogP contribution in [-0.2, 0) is 5.41 Å². The maximum Gasteiger partial charge on any atom is 0.273 e. The summed E-state index contributed by atoms with van der Waals surface area (Å²) < 4.78 is 12.8. The van der Waals surface area contributed by atoms with Crippen molar-refractivity contribution in [3.05, 3.63) is 66.0 Å². The first kappa shape index (κ1) is 25.1.